The van der Waals surface area contributed by atoms with Crippen molar-refractivity contribution >= 4 is 45.3 Å². The third kappa shape index (κ3) is 6.98. The lowest BCUT2D eigenvalue weighted by Crippen LogP contribution is -2.31. The first-order valence-electron chi connectivity index (χ1n) is 8.44. The summed E-state index contributed by atoms with van der Waals surface area (Å²) in [4.78, 5) is 11.4. The van der Waals surface area contributed by atoms with Crippen LogP contribution < -0.4 is 0 Å². The quantitative estimate of drug-likeness (QED) is 0.538. The Balaban J connectivity index is 1.94. The maximum Gasteiger partial charge on any atom is 0.373 e. The highest BCUT2D eigenvalue weighted by Gasteiger charge is 2.16. The van der Waals surface area contributed by atoms with Crippen LogP contribution in [0.2, 0.25) is 10.0 Å². The number of halogens is 2. The second-order valence-electron chi connectivity index (χ2n) is 6.09. The minimum absolute atomic E-state index is 0.126. The number of nitrogens with zero attached hydrogens (tertiary/aromatic N) is 1. The Labute approximate surface area is 174 Å². The second kappa shape index (κ2) is 10.1. The number of hydrogen-bond acceptors (Lipinski definition) is 5. The summed E-state index contributed by atoms with van der Waals surface area (Å²) >= 11 is 11.9. The highest BCUT2D eigenvalue weighted by Crippen LogP contribution is 2.20. The lowest BCUT2D eigenvalue weighted by atomic mass is 10.2. The average molecular weight is 446 g/mol. The zero-order valence-corrected chi connectivity index (χ0v) is 17.9. The van der Waals surface area contributed by atoms with Crippen LogP contribution >= 0.6 is 23.2 Å². The fourth-order valence-corrected chi connectivity index (χ4v) is 3.88. The normalized spacial score (nSPS) is 12.0. The molecule has 0 saturated carbocycles. The molecule has 9 heteroatoms. The van der Waals surface area contributed by atoms with Gasteiger partial charge in [0.1, 0.15) is 5.76 Å². The molecule has 0 fully saturated rings. The molecule has 0 aliphatic heterocycles. The molecule has 0 unspecified atom stereocenters. The van der Waals surface area contributed by atoms with Gasteiger partial charge in [-0.25, -0.2) is 13.2 Å². The zero-order valence-electron chi connectivity index (χ0n) is 15.5. The third-order valence-corrected chi connectivity index (χ3v) is 5.56. The number of furan rings is 1. The predicted octanol–water partition coefficient (Wildman–Crippen LogP) is 4.28. The highest BCUT2D eigenvalue weighted by molar-refractivity contribution is 7.88. The molecule has 0 bridgehead atoms. The van der Waals surface area contributed by atoms with Crippen LogP contribution in [0.4, 0.5) is 0 Å². The first-order valence-corrected chi connectivity index (χ1v) is 11.0. The maximum atomic E-state index is 12.0. The summed E-state index contributed by atoms with van der Waals surface area (Å²) in [6.07, 6.45) is 5.71. The van der Waals surface area contributed by atoms with Crippen molar-refractivity contribution in [3.8, 4) is 0 Å². The highest BCUT2D eigenvalue weighted by atomic mass is 35.5. The van der Waals surface area contributed by atoms with Crippen LogP contribution in [0.5, 0.6) is 0 Å². The van der Waals surface area contributed by atoms with Crippen LogP contribution in [-0.2, 0) is 21.2 Å². The van der Waals surface area contributed by atoms with Crippen LogP contribution in [-0.4, -0.2) is 45.1 Å². The van der Waals surface area contributed by atoms with E-state index < -0.39 is 16.0 Å². The fourth-order valence-electron chi connectivity index (χ4n) is 2.52. The second-order valence-corrected chi connectivity index (χ2v) is 8.94. The van der Waals surface area contributed by atoms with E-state index in [2.05, 4.69) is 4.74 Å². The van der Waals surface area contributed by atoms with E-state index in [1.807, 2.05) is 0 Å². The summed E-state index contributed by atoms with van der Waals surface area (Å²) in [6, 6.07) is 8.33. The van der Waals surface area contributed by atoms with Gasteiger partial charge in [0.15, 0.2) is 0 Å². The van der Waals surface area contributed by atoms with Crippen LogP contribution in [0.3, 0.4) is 0 Å². The summed E-state index contributed by atoms with van der Waals surface area (Å²) < 4.78 is 35.4. The summed E-state index contributed by atoms with van der Waals surface area (Å²) in [5.74, 6) is 0.175. The van der Waals surface area contributed by atoms with Gasteiger partial charge >= 0.3 is 5.97 Å². The molecular weight excluding hydrogens is 425 g/mol. The van der Waals surface area contributed by atoms with Gasteiger partial charge in [-0.05, 0) is 42.3 Å². The van der Waals surface area contributed by atoms with E-state index in [0.29, 0.717) is 35.2 Å². The van der Waals surface area contributed by atoms with E-state index in [1.165, 1.54) is 23.7 Å². The molecule has 0 radical (unpaired) electrons. The van der Waals surface area contributed by atoms with Gasteiger partial charge in [0.25, 0.3) is 0 Å². The summed E-state index contributed by atoms with van der Waals surface area (Å²) in [6.45, 7) is 0.530. The number of ether oxygens (including phenoxy) is 1. The first-order chi connectivity index (χ1) is 13.2. The molecule has 2 rings (SSSR count). The lowest BCUT2D eigenvalue weighted by molar-refractivity contribution is 0.0563. The molecule has 6 nitrogen and oxygen atoms in total. The van der Waals surface area contributed by atoms with Gasteiger partial charge in [0, 0.05) is 29.6 Å². The van der Waals surface area contributed by atoms with Crippen molar-refractivity contribution in [1.29, 1.82) is 0 Å². The number of methoxy groups -OCH3 is 1. The number of aryl methyl sites for hydroxylation is 1. The van der Waals surface area contributed by atoms with E-state index in [1.54, 1.807) is 36.4 Å². The van der Waals surface area contributed by atoms with Gasteiger partial charge in [0.05, 0.1) is 13.4 Å². The Bertz CT molecular complexity index is 933. The third-order valence-electron chi connectivity index (χ3n) is 3.85. The number of carbonyl (C=O) groups is 1. The van der Waals surface area contributed by atoms with Crippen molar-refractivity contribution in [2.75, 3.05) is 26.5 Å². The van der Waals surface area contributed by atoms with Gasteiger partial charge in [0.2, 0.25) is 15.8 Å². The van der Waals surface area contributed by atoms with Crippen molar-refractivity contribution in [2.45, 2.75) is 12.8 Å². The summed E-state index contributed by atoms with van der Waals surface area (Å²) in [5, 5.41) is 1.02. The Morgan fingerprint density at radius 3 is 2.50 bits per heavy atom. The van der Waals surface area contributed by atoms with E-state index in [9.17, 15) is 13.2 Å². The molecule has 152 valence electrons. The standard InChI is InChI=1S/C19H21Cl2NO5S/c1-26-19(23)18-8-7-17(27-18)6-4-10-22(28(2,24)25)9-3-5-14-11-15(20)13-16(21)12-14/h3,5,7-8,11-13H,4,6,9-10H2,1-2H3. The molecule has 0 aliphatic carbocycles. The molecule has 1 heterocycles. The van der Waals surface area contributed by atoms with Crippen LogP contribution in [0.25, 0.3) is 6.08 Å². The lowest BCUT2D eigenvalue weighted by Gasteiger charge is -2.17. The Morgan fingerprint density at radius 2 is 1.89 bits per heavy atom. The van der Waals surface area contributed by atoms with E-state index in [-0.39, 0.29) is 12.3 Å². The number of benzene rings is 1. The zero-order chi connectivity index (χ0) is 20.7. The van der Waals surface area contributed by atoms with Crippen molar-refractivity contribution in [2.24, 2.45) is 0 Å². The minimum Gasteiger partial charge on any atom is -0.463 e. The number of hydrogen-bond donors (Lipinski definition) is 0. The van der Waals surface area contributed by atoms with Crippen molar-refractivity contribution in [1.82, 2.24) is 4.31 Å². The van der Waals surface area contributed by atoms with Crippen LogP contribution in [0.1, 0.15) is 28.3 Å². The molecule has 0 atom stereocenters. The Kier molecular flexibility index (Phi) is 8.12. The predicted molar refractivity (Wildman–Crippen MR) is 110 cm³/mol. The van der Waals surface area contributed by atoms with Gasteiger partial charge in [-0.15, -0.1) is 0 Å². The van der Waals surface area contributed by atoms with E-state index in [4.69, 9.17) is 27.6 Å². The number of esters is 1. The van der Waals surface area contributed by atoms with Gasteiger partial charge < -0.3 is 9.15 Å². The number of sulfonamides is 1. The molecule has 28 heavy (non-hydrogen) atoms. The molecule has 0 spiro atoms. The van der Waals surface area contributed by atoms with E-state index >= 15 is 0 Å². The molecule has 2 aromatic rings. The van der Waals surface area contributed by atoms with Gasteiger partial charge in [-0.1, -0.05) is 35.4 Å². The summed E-state index contributed by atoms with van der Waals surface area (Å²) in [5.41, 5.74) is 0.789. The smallest absolute Gasteiger partial charge is 0.373 e. The molecule has 0 N–H and O–H groups in total. The van der Waals surface area contributed by atoms with Crippen LogP contribution in [0.15, 0.2) is 40.8 Å². The number of carbonyl (C=O) groups excluding carboxylic acids is 1. The fraction of sp³-hybridized carbons (Fsp3) is 0.316. The van der Waals surface area contributed by atoms with Gasteiger partial charge in [-0.3, -0.25) is 0 Å². The number of rotatable bonds is 9. The van der Waals surface area contributed by atoms with Crippen molar-refractivity contribution in [3.05, 3.63) is 63.5 Å². The van der Waals surface area contributed by atoms with Crippen LogP contribution in [0, 0.1) is 0 Å². The average Bonchev–Trinajstić information content (AvgIpc) is 3.07. The maximum absolute atomic E-state index is 12.0. The molecule has 0 saturated heterocycles. The first kappa shape index (κ1) is 22.5. The summed E-state index contributed by atoms with van der Waals surface area (Å²) in [7, 11) is -2.10. The van der Waals surface area contributed by atoms with E-state index in [0.717, 1.165) is 5.56 Å². The topological polar surface area (TPSA) is 76.8 Å². The molecule has 0 amide bonds. The van der Waals surface area contributed by atoms with Crippen molar-refractivity contribution < 1.29 is 22.4 Å². The largest absolute Gasteiger partial charge is 0.463 e. The minimum atomic E-state index is -3.38. The molecule has 0 aliphatic rings. The Hall–Kier alpha value is -1.80. The molecule has 1 aromatic heterocycles. The van der Waals surface area contributed by atoms with Gasteiger partial charge in [-0.2, -0.15) is 4.31 Å². The monoisotopic (exact) mass is 445 g/mol. The Morgan fingerprint density at radius 1 is 1.21 bits per heavy atom. The molecule has 1 aromatic carbocycles. The molecular formula is C19H21Cl2NO5S. The SMILES string of the molecule is COC(=O)c1ccc(CCCN(CC=Cc2cc(Cl)cc(Cl)c2)S(C)(=O)=O)o1. The van der Waals surface area contributed by atoms with Crippen molar-refractivity contribution in [3.63, 3.8) is 0 Å².